The second-order valence-electron chi connectivity index (χ2n) is 38.9. The van der Waals surface area contributed by atoms with Gasteiger partial charge in [0.05, 0.1) is 30.7 Å². The summed E-state index contributed by atoms with van der Waals surface area (Å²) < 4.78 is 48.9. The molecule has 0 saturated carbocycles. The van der Waals surface area contributed by atoms with Gasteiger partial charge in [-0.25, -0.2) is 0 Å². The van der Waals surface area contributed by atoms with E-state index in [1.165, 1.54) is 223 Å². The van der Waals surface area contributed by atoms with E-state index in [0.717, 1.165) is 129 Å². The molecular weight excluding hydrogens is 1580 g/mol. The average Bonchev–Trinajstić information content (AvgIpc) is 1.53. The molecule has 17 rings (SSSR count). The molecule has 0 unspecified atom stereocenters. The Bertz CT molecular complexity index is 5470. The third-order valence-corrected chi connectivity index (χ3v) is 29.4. The highest BCUT2D eigenvalue weighted by Crippen LogP contribution is 2.60. The van der Waals surface area contributed by atoms with Crippen molar-refractivity contribution in [1.29, 1.82) is 0 Å². The van der Waals surface area contributed by atoms with Crippen LogP contribution >= 0.6 is 0 Å². The minimum absolute atomic E-state index is 0.0560. The fourth-order valence-corrected chi connectivity index (χ4v) is 22.0. The summed E-state index contributed by atoms with van der Waals surface area (Å²) >= 11 is 0. The standard InChI is InChI=1S/C35H44.C34H34O2.C29H38O2.C25H28F2/c1-4-5-6-10-21-35(22-11-8-7-9-12-28-15-16-29-17-18-30(29)25-28)33-23-26(2)13-19-31(33)32-20-14-27(3)24-34(32)35;1-5-33(20-35-21-33)22-36-28-14-12-27(13-15-28)34(26-10-6-23(2)7-11-26)31-18-24(3)8-16-29(31)30-17-9-25(4)19-32(30)34;1-5-7-9-17-30-19-15-29(16-20-31-18-10-8-6-2)27-21-23(3)11-13-25(27)26-14-12-24(4)22-28(26)29;1-4-5-7-14-25(15-8-6-9-24(26)27)22-16-18(2)10-12-20(22)21-13-11-19(3)17-23(21)25/h13-16,19-20,23-25H,4-12,17-18,21-22H2,1-3H3;6-19H,5,20-22H2,1-4H3;5-6,11-14,21-22H,1-2,7-10,15-20H2,3-4H3;4,9-13,16-17H,1,5-8,14-15H2,2-3H3. The van der Waals surface area contributed by atoms with Crippen LogP contribution in [0.5, 0.6) is 5.75 Å². The summed E-state index contributed by atoms with van der Waals surface area (Å²) in [4.78, 5) is 0. The largest absolute Gasteiger partial charge is 0.493 e. The van der Waals surface area contributed by atoms with E-state index in [-0.39, 0.29) is 27.1 Å². The van der Waals surface area contributed by atoms with Crippen molar-refractivity contribution in [3.63, 3.8) is 0 Å². The second-order valence-corrected chi connectivity index (χ2v) is 38.9. The van der Waals surface area contributed by atoms with Gasteiger partial charge < -0.3 is 18.9 Å². The van der Waals surface area contributed by atoms with Gasteiger partial charge in [0.15, 0.2) is 0 Å². The van der Waals surface area contributed by atoms with Crippen LogP contribution in [0, 0.1) is 67.7 Å². The zero-order chi connectivity index (χ0) is 90.7. The molecule has 5 aliphatic carbocycles. The quantitative estimate of drug-likeness (QED) is 0.0283. The Morgan fingerprint density at radius 2 is 0.690 bits per heavy atom. The lowest BCUT2D eigenvalue weighted by Gasteiger charge is -2.40. The zero-order valence-electron chi connectivity index (χ0n) is 79.9. The summed E-state index contributed by atoms with van der Waals surface area (Å²) in [6, 6.07) is 80.8. The smallest absolute Gasteiger partial charge is 0.266 e. The Morgan fingerprint density at radius 1 is 0.341 bits per heavy atom. The van der Waals surface area contributed by atoms with Crippen LogP contribution in [0.4, 0.5) is 8.78 Å². The molecule has 1 saturated heterocycles. The maximum absolute atomic E-state index is 12.5. The molecule has 1 aliphatic heterocycles. The third-order valence-electron chi connectivity index (χ3n) is 29.4. The number of hydrogen-bond donors (Lipinski definition) is 0. The number of aryl methyl sites for hydroxylation is 12. The molecule has 6 aliphatic rings. The van der Waals surface area contributed by atoms with Crippen molar-refractivity contribution in [2.75, 3.05) is 46.2 Å². The van der Waals surface area contributed by atoms with Crippen molar-refractivity contribution in [2.45, 2.75) is 265 Å². The van der Waals surface area contributed by atoms with Gasteiger partial charge in [0.1, 0.15) is 5.75 Å². The fraction of sp³-hybridized carbons (Fsp3) is 0.398. The van der Waals surface area contributed by atoms with Crippen LogP contribution in [0.1, 0.15) is 284 Å². The monoisotopic (exact) mass is 1720 g/mol. The number of halogens is 2. The first-order valence-electron chi connectivity index (χ1n) is 49.0. The Kier molecular flexibility index (Phi) is 32.2. The van der Waals surface area contributed by atoms with Crippen LogP contribution < -0.4 is 4.74 Å². The number of hydrogen-bond acceptors (Lipinski definition) is 4. The predicted octanol–water partition coefficient (Wildman–Crippen LogP) is 32.8. The van der Waals surface area contributed by atoms with E-state index in [1.807, 2.05) is 18.2 Å². The molecule has 6 heteroatoms. The van der Waals surface area contributed by atoms with Gasteiger partial charge in [-0.1, -0.05) is 327 Å². The molecular formula is C123H144F2O4. The molecule has 1 heterocycles. The highest BCUT2D eigenvalue weighted by atomic mass is 19.3. The summed E-state index contributed by atoms with van der Waals surface area (Å²) in [6.07, 6.45) is 34.8. The van der Waals surface area contributed by atoms with Gasteiger partial charge in [-0.15, -0.1) is 19.7 Å². The van der Waals surface area contributed by atoms with Gasteiger partial charge in [0.2, 0.25) is 0 Å². The molecule has 11 aromatic rings. The second kappa shape index (κ2) is 43.8. The molecule has 129 heavy (non-hydrogen) atoms. The third kappa shape index (κ3) is 21.1. The van der Waals surface area contributed by atoms with E-state index >= 15 is 0 Å². The Labute approximate surface area is 774 Å². The van der Waals surface area contributed by atoms with Gasteiger partial charge in [0.25, 0.3) is 6.08 Å². The molecule has 0 amide bonds. The Hall–Kier alpha value is -10.1. The first-order valence-corrected chi connectivity index (χ1v) is 49.0. The number of ether oxygens (including phenoxy) is 4. The summed E-state index contributed by atoms with van der Waals surface area (Å²) in [6.45, 7) is 41.1. The Morgan fingerprint density at radius 3 is 1.05 bits per heavy atom. The normalized spacial score (nSPS) is 14.8. The topological polar surface area (TPSA) is 36.9 Å². The van der Waals surface area contributed by atoms with Gasteiger partial charge in [-0.3, -0.25) is 0 Å². The molecule has 4 nitrogen and oxygen atoms in total. The number of rotatable bonds is 40. The van der Waals surface area contributed by atoms with Crippen LogP contribution in [0.25, 0.3) is 44.5 Å². The van der Waals surface area contributed by atoms with Gasteiger partial charge in [0, 0.05) is 42.7 Å². The van der Waals surface area contributed by atoms with Crippen molar-refractivity contribution < 1.29 is 27.7 Å². The van der Waals surface area contributed by atoms with Crippen molar-refractivity contribution >= 4 is 0 Å². The lowest BCUT2D eigenvalue weighted by Crippen LogP contribution is -2.46. The molecule has 674 valence electrons. The van der Waals surface area contributed by atoms with Crippen molar-refractivity contribution in [3.8, 4) is 50.3 Å². The molecule has 0 spiro atoms. The molecule has 0 bridgehead atoms. The first-order chi connectivity index (χ1) is 62.6. The van der Waals surface area contributed by atoms with Gasteiger partial charge in [-0.2, -0.15) is 8.78 Å². The summed E-state index contributed by atoms with van der Waals surface area (Å²) in [5, 5.41) is 0. The molecule has 0 radical (unpaired) electrons. The minimum atomic E-state index is -1.57. The minimum Gasteiger partial charge on any atom is -0.493 e. The number of allylic oxidation sites excluding steroid dienone is 4. The molecule has 0 N–H and O–H groups in total. The fourth-order valence-electron chi connectivity index (χ4n) is 22.0. The van der Waals surface area contributed by atoms with Crippen LogP contribution in [-0.2, 0) is 55.1 Å². The number of unbranched alkanes of at least 4 members (excludes halogenated alkanes) is 10. The number of benzene rings is 11. The summed E-state index contributed by atoms with van der Waals surface area (Å²) in [7, 11) is 0. The maximum atomic E-state index is 12.5. The number of fused-ring (bicyclic) bond motifs is 13. The van der Waals surface area contributed by atoms with Crippen molar-refractivity contribution in [2.24, 2.45) is 5.41 Å². The van der Waals surface area contributed by atoms with E-state index in [1.54, 1.807) is 27.8 Å². The predicted molar refractivity (Wildman–Crippen MR) is 541 cm³/mol. The molecule has 0 aromatic heterocycles. The molecule has 11 aromatic carbocycles. The maximum Gasteiger partial charge on any atom is 0.266 e. The summed E-state index contributed by atoms with van der Waals surface area (Å²) in [5.41, 5.74) is 41.5. The van der Waals surface area contributed by atoms with E-state index in [0.29, 0.717) is 13.0 Å². The molecule has 1 fully saturated rings. The first kappa shape index (κ1) is 95.0. The molecule has 0 atom stereocenters. The average molecular weight is 1720 g/mol. The Balaban J connectivity index is 0.000000140. The van der Waals surface area contributed by atoms with Gasteiger partial charge >= 0.3 is 0 Å². The van der Waals surface area contributed by atoms with Crippen molar-refractivity contribution in [1.82, 2.24) is 0 Å². The van der Waals surface area contributed by atoms with E-state index in [4.69, 9.17) is 18.9 Å². The van der Waals surface area contributed by atoms with Crippen LogP contribution in [0.3, 0.4) is 0 Å². The van der Waals surface area contributed by atoms with Crippen molar-refractivity contribution in [3.05, 3.63) is 385 Å². The van der Waals surface area contributed by atoms with Crippen LogP contribution in [0.2, 0.25) is 0 Å². The lowest BCUT2D eigenvalue weighted by atomic mass is 9.67. The zero-order valence-corrected chi connectivity index (χ0v) is 79.9. The van der Waals surface area contributed by atoms with E-state index in [9.17, 15) is 8.78 Å². The highest BCUT2D eigenvalue weighted by Gasteiger charge is 2.49. The SMILES string of the molecule is C=CCCCC1(CCCC=C(F)F)c2cc(C)ccc2-c2ccc(C)cc21.C=CCCCOCCC1(CCOCCCC=C)c2cc(C)ccc2-c2ccc(C)cc21.CCC1(COc2ccc(C3(c4ccc(C)cc4)c4cc(C)ccc4-c4ccc(C)cc43)cc2)COC1.CCCCCCC1(CCCCCCc2ccc3c(c2)CC3)c2cc(C)ccc2-c2ccc(C)cc21. The van der Waals surface area contributed by atoms with E-state index < -0.39 is 6.08 Å². The van der Waals surface area contributed by atoms with Crippen LogP contribution in [0.15, 0.2) is 262 Å². The summed E-state index contributed by atoms with van der Waals surface area (Å²) in [5.74, 6) is 0.921. The van der Waals surface area contributed by atoms with E-state index in [2.05, 4.69) is 308 Å². The van der Waals surface area contributed by atoms with Gasteiger partial charge in [-0.05, 0) is 319 Å². The highest BCUT2D eigenvalue weighted by molar-refractivity contribution is 5.88. The van der Waals surface area contributed by atoms with Crippen LogP contribution in [-0.4, -0.2) is 46.2 Å². The lowest BCUT2D eigenvalue weighted by molar-refractivity contribution is -0.133.